The van der Waals surface area contributed by atoms with Crippen LogP contribution in [0, 0.1) is 10.5 Å². The first kappa shape index (κ1) is 15.1. The molecule has 1 atom stereocenters. The zero-order valence-electron chi connectivity index (χ0n) is 11.2. The van der Waals surface area contributed by atoms with E-state index >= 15 is 0 Å². The molecule has 6 heteroatoms. The summed E-state index contributed by atoms with van der Waals surface area (Å²) >= 11 is 1.93. The first-order valence-corrected chi connectivity index (χ1v) is 6.67. The Morgan fingerprint density at radius 3 is 2.56 bits per heavy atom. The van der Waals surface area contributed by atoms with Gasteiger partial charge in [-0.3, -0.25) is 9.36 Å². The van der Waals surface area contributed by atoms with Crippen LogP contribution in [0.1, 0.15) is 39.4 Å². The number of halogens is 1. The van der Waals surface area contributed by atoms with Crippen LogP contribution in [-0.4, -0.2) is 21.1 Å². The summed E-state index contributed by atoms with van der Waals surface area (Å²) in [6.07, 6.45) is 1.38. The smallest absolute Gasteiger partial charge is 0.329 e. The van der Waals surface area contributed by atoms with Crippen LogP contribution in [0.15, 0.2) is 11.1 Å². The number of rotatable bonds is 2. The minimum atomic E-state index is -0.682. The molecular formula is C12H17IN2O3. The molecule has 0 aliphatic rings. The third-order valence-electron chi connectivity index (χ3n) is 2.28. The first-order chi connectivity index (χ1) is 8.13. The van der Waals surface area contributed by atoms with Gasteiger partial charge in [-0.05, 0) is 57.2 Å². The number of carbonyl (C=O) groups is 1. The molecule has 0 bridgehead atoms. The van der Waals surface area contributed by atoms with Crippen molar-refractivity contribution in [1.29, 1.82) is 0 Å². The second kappa shape index (κ2) is 5.38. The van der Waals surface area contributed by atoms with Gasteiger partial charge in [-0.1, -0.05) is 0 Å². The zero-order valence-corrected chi connectivity index (χ0v) is 13.3. The molecule has 18 heavy (non-hydrogen) atoms. The fourth-order valence-electron chi connectivity index (χ4n) is 1.30. The van der Waals surface area contributed by atoms with E-state index in [4.69, 9.17) is 4.74 Å². The Kier molecular flexibility index (Phi) is 4.52. The predicted octanol–water partition coefficient (Wildman–Crippen LogP) is 2.06. The maximum absolute atomic E-state index is 12.0. The molecule has 0 N–H and O–H groups in total. The van der Waals surface area contributed by atoms with Crippen LogP contribution >= 0.6 is 22.6 Å². The van der Waals surface area contributed by atoms with Crippen LogP contribution in [0.25, 0.3) is 0 Å². The Morgan fingerprint density at radius 2 is 2.06 bits per heavy atom. The number of esters is 1. The molecule has 5 nitrogen and oxygen atoms in total. The van der Waals surface area contributed by atoms with Gasteiger partial charge in [0.25, 0.3) is 5.56 Å². The highest BCUT2D eigenvalue weighted by Gasteiger charge is 2.24. The summed E-state index contributed by atoms with van der Waals surface area (Å²) in [6, 6.07) is -0.682. The Hall–Kier alpha value is -0.920. The molecule has 0 fully saturated rings. The molecule has 0 saturated carbocycles. The molecule has 0 aromatic carbocycles. The molecule has 1 unspecified atom stereocenters. The number of aryl methyl sites for hydroxylation is 1. The maximum atomic E-state index is 12.0. The largest absolute Gasteiger partial charge is 0.458 e. The van der Waals surface area contributed by atoms with Crippen molar-refractivity contribution in [2.24, 2.45) is 0 Å². The van der Waals surface area contributed by atoms with E-state index < -0.39 is 17.6 Å². The topological polar surface area (TPSA) is 61.2 Å². The van der Waals surface area contributed by atoms with E-state index in [2.05, 4.69) is 4.98 Å². The summed E-state index contributed by atoms with van der Waals surface area (Å²) in [5.41, 5.74) is -0.130. The summed E-state index contributed by atoms with van der Waals surface area (Å²) in [5, 5.41) is 0. The Bertz CT molecular complexity index is 517. The molecule has 100 valence electrons. The zero-order chi connectivity index (χ0) is 14.1. The van der Waals surface area contributed by atoms with Crippen molar-refractivity contribution >= 4 is 28.6 Å². The van der Waals surface area contributed by atoms with Crippen LogP contribution in [0.2, 0.25) is 0 Å². The van der Waals surface area contributed by atoms with E-state index in [-0.39, 0.29) is 5.56 Å². The SMILES string of the molecule is Cc1ncn(C(C)C(=O)OC(C)(C)C)c(=O)c1I. The van der Waals surface area contributed by atoms with Gasteiger partial charge in [0.2, 0.25) is 0 Å². The molecule has 0 aliphatic heterocycles. The van der Waals surface area contributed by atoms with E-state index in [0.29, 0.717) is 9.26 Å². The van der Waals surface area contributed by atoms with Gasteiger partial charge >= 0.3 is 5.97 Å². The van der Waals surface area contributed by atoms with Crippen molar-refractivity contribution in [2.75, 3.05) is 0 Å². The average molecular weight is 364 g/mol. The van der Waals surface area contributed by atoms with E-state index in [1.165, 1.54) is 10.9 Å². The minimum Gasteiger partial charge on any atom is -0.458 e. The van der Waals surface area contributed by atoms with Crippen LogP contribution in [0.5, 0.6) is 0 Å². The van der Waals surface area contributed by atoms with Crippen molar-refractivity contribution in [2.45, 2.75) is 46.3 Å². The fourth-order valence-corrected chi connectivity index (χ4v) is 1.72. The molecule has 1 rings (SSSR count). The van der Waals surface area contributed by atoms with Crippen LogP contribution in [-0.2, 0) is 9.53 Å². The summed E-state index contributed by atoms with van der Waals surface area (Å²) in [5.74, 6) is -0.439. The van der Waals surface area contributed by atoms with Gasteiger partial charge in [0.15, 0.2) is 0 Å². The molecule has 0 aliphatic carbocycles. The lowest BCUT2D eigenvalue weighted by atomic mass is 10.2. The molecule has 1 aromatic heterocycles. The number of ether oxygens (including phenoxy) is 1. The molecule has 0 spiro atoms. The third-order valence-corrected chi connectivity index (χ3v) is 3.52. The van der Waals surface area contributed by atoms with Gasteiger partial charge in [0.05, 0.1) is 15.6 Å². The molecule has 0 radical (unpaired) electrons. The highest BCUT2D eigenvalue weighted by Crippen LogP contribution is 2.14. The maximum Gasteiger partial charge on any atom is 0.329 e. The number of carbonyl (C=O) groups excluding carboxylic acids is 1. The van der Waals surface area contributed by atoms with E-state index in [9.17, 15) is 9.59 Å². The van der Waals surface area contributed by atoms with E-state index in [1.54, 1.807) is 34.6 Å². The summed E-state index contributed by atoms with van der Waals surface area (Å²) < 4.78 is 7.06. The van der Waals surface area contributed by atoms with Gasteiger partial charge in [-0.2, -0.15) is 0 Å². The molecule has 1 aromatic rings. The minimum absolute atomic E-state index is 0.221. The van der Waals surface area contributed by atoms with Crippen molar-refractivity contribution in [1.82, 2.24) is 9.55 Å². The highest BCUT2D eigenvalue weighted by molar-refractivity contribution is 14.1. The second-order valence-electron chi connectivity index (χ2n) is 5.07. The van der Waals surface area contributed by atoms with Crippen LogP contribution < -0.4 is 5.56 Å². The van der Waals surface area contributed by atoms with Gasteiger partial charge in [0, 0.05) is 0 Å². The van der Waals surface area contributed by atoms with Crippen LogP contribution in [0.4, 0.5) is 0 Å². The Morgan fingerprint density at radius 1 is 1.50 bits per heavy atom. The molecule has 0 saturated heterocycles. The normalized spacial score (nSPS) is 13.2. The van der Waals surface area contributed by atoms with Crippen molar-refractivity contribution in [3.8, 4) is 0 Å². The summed E-state index contributed by atoms with van der Waals surface area (Å²) in [4.78, 5) is 28.0. The van der Waals surface area contributed by atoms with E-state index in [1.807, 2.05) is 22.6 Å². The van der Waals surface area contributed by atoms with E-state index in [0.717, 1.165) is 0 Å². The third kappa shape index (κ3) is 3.54. The predicted molar refractivity (Wildman–Crippen MR) is 76.5 cm³/mol. The lowest BCUT2D eigenvalue weighted by molar-refractivity contribution is -0.158. The molecule has 1 heterocycles. The quantitative estimate of drug-likeness (QED) is 0.596. The van der Waals surface area contributed by atoms with Crippen molar-refractivity contribution in [3.05, 3.63) is 25.9 Å². The van der Waals surface area contributed by atoms with Crippen molar-refractivity contribution < 1.29 is 9.53 Å². The van der Waals surface area contributed by atoms with Gasteiger partial charge < -0.3 is 4.74 Å². The number of hydrogen-bond acceptors (Lipinski definition) is 4. The summed E-state index contributed by atoms with van der Waals surface area (Å²) in [7, 11) is 0. The Balaban J connectivity index is 3.05. The second-order valence-corrected chi connectivity index (χ2v) is 6.14. The lowest BCUT2D eigenvalue weighted by Crippen LogP contribution is -2.34. The Labute approximate surface area is 120 Å². The molecular weight excluding hydrogens is 347 g/mol. The average Bonchev–Trinajstić information content (AvgIpc) is 2.23. The number of nitrogens with zero attached hydrogens (tertiary/aromatic N) is 2. The van der Waals surface area contributed by atoms with Gasteiger partial charge in [-0.25, -0.2) is 9.78 Å². The standard InChI is InChI=1S/C12H17IN2O3/c1-7-9(13)10(16)15(6-14-7)8(2)11(17)18-12(3,4)5/h6,8H,1-5H3. The molecule has 0 amide bonds. The number of hydrogen-bond donors (Lipinski definition) is 0. The number of aromatic nitrogens is 2. The van der Waals surface area contributed by atoms with Crippen LogP contribution in [0.3, 0.4) is 0 Å². The van der Waals surface area contributed by atoms with Crippen molar-refractivity contribution in [3.63, 3.8) is 0 Å². The lowest BCUT2D eigenvalue weighted by Gasteiger charge is -2.23. The summed E-state index contributed by atoms with van der Waals surface area (Å²) in [6.45, 7) is 8.75. The highest BCUT2D eigenvalue weighted by atomic mass is 127. The first-order valence-electron chi connectivity index (χ1n) is 5.59. The fraction of sp³-hybridized carbons (Fsp3) is 0.583. The monoisotopic (exact) mass is 364 g/mol. The van der Waals surface area contributed by atoms with Gasteiger partial charge in [0.1, 0.15) is 11.6 Å². The van der Waals surface area contributed by atoms with Gasteiger partial charge in [-0.15, -0.1) is 0 Å².